The van der Waals surface area contributed by atoms with Crippen molar-refractivity contribution >= 4 is 28.4 Å². The molecule has 1 aliphatic heterocycles. The molecule has 0 unspecified atom stereocenters. The molecule has 0 N–H and O–H groups in total. The number of amides is 1. The molecule has 1 amide bonds. The van der Waals surface area contributed by atoms with E-state index in [4.69, 9.17) is 9.16 Å². The number of hydrogen-bond acceptors (Lipinski definition) is 4. The number of nitrogens with zero attached hydrogens (tertiary/aromatic N) is 1. The minimum absolute atomic E-state index is 0.00520. The van der Waals surface area contributed by atoms with Crippen molar-refractivity contribution in [2.45, 2.75) is 104 Å². The van der Waals surface area contributed by atoms with E-state index in [9.17, 15) is 9.59 Å². The van der Waals surface area contributed by atoms with Crippen LogP contribution in [0.3, 0.4) is 0 Å². The summed E-state index contributed by atoms with van der Waals surface area (Å²) in [7, 11) is -2.73. The van der Waals surface area contributed by atoms with Gasteiger partial charge in [0.25, 0.3) is 0 Å². The summed E-state index contributed by atoms with van der Waals surface area (Å²) in [5, 5.41) is 0.0713. The van der Waals surface area contributed by atoms with E-state index in [1.54, 1.807) is 0 Å². The average molecular weight is 430 g/mol. The molecule has 0 radical (unpaired) electrons. The third kappa shape index (κ3) is 4.41. The van der Waals surface area contributed by atoms with E-state index in [0.29, 0.717) is 0 Å². The van der Waals surface area contributed by atoms with Gasteiger partial charge in [0.05, 0.1) is 31.1 Å². The summed E-state index contributed by atoms with van der Waals surface area (Å²) >= 11 is 0. The minimum atomic E-state index is -2.12. The van der Waals surface area contributed by atoms with Gasteiger partial charge in [0.2, 0.25) is 5.91 Å². The molecular formula is C21H43NO4Si2. The summed E-state index contributed by atoms with van der Waals surface area (Å²) in [6, 6.07) is -0.166. The maximum atomic E-state index is 13.4. The monoisotopic (exact) mass is 429 g/mol. The van der Waals surface area contributed by atoms with Crippen molar-refractivity contribution in [2.24, 2.45) is 11.8 Å². The number of rotatable bonds is 6. The molecule has 164 valence electrons. The fourth-order valence-corrected chi connectivity index (χ4v) is 7.58. The molecule has 0 aromatic carbocycles. The topological polar surface area (TPSA) is 55.8 Å². The first-order valence-corrected chi connectivity index (χ1v) is 16.3. The zero-order valence-corrected chi connectivity index (χ0v) is 22.4. The fourth-order valence-electron chi connectivity index (χ4n) is 3.59. The molecule has 0 bridgehead atoms. The van der Waals surface area contributed by atoms with Crippen LogP contribution in [-0.4, -0.2) is 52.3 Å². The van der Waals surface area contributed by atoms with Gasteiger partial charge < -0.3 is 13.7 Å². The molecule has 0 aromatic heterocycles. The van der Waals surface area contributed by atoms with E-state index < -0.39 is 16.6 Å². The van der Waals surface area contributed by atoms with Crippen molar-refractivity contribution in [3.63, 3.8) is 0 Å². The highest BCUT2D eigenvalue weighted by atomic mass is 28.4. The molecule has 28 heavy (non-hydrogen) atoms. The van der Waals surface area contributed by atoms with E-state index in [1.165, 1.54) is 7.11 Å². The second-order valence-corrected chi connectivity index (χ2v) is 21.3. The lowest BCUT2D eigenvalue weighted by molar-refractivity contribution is -0.164. The smallest absolute Gasteiger partial charge is 0.310 e. The largest absolute Gasteiger partial charge is 0.469 e. The summed E-state index contributed by atoms with van der Waals surface area (Å²) in [5.41, 5.74) is 0. The van der Waals surface area contributed by atoms with E-state index in [0.717, 1.165) is 0 Å². The summed E-state index contributed by atoms with van der Waals surface area (Å²) in [4.78, 5) is 25.8. The van der Waals surface area contributed by atoms with Gasteiger partial charge in [-0.05, 0) is 37.0 Å². The third-order valence-electron chi connectivity index (χ3n) is 7.50. The van der Waals surface area contributed by atoms with Gasteiger partial charge >= 0.3 is 5.97 Å². The van der Waals surface area contributed by atoms with Gasteiger partial charge in [0.15, 0.2) is 16.6 Å². The van der Waals surface area contributed by atoms with Crippen molar-refractivity contribution < 1.29 is 18.8 Å². The first kappa shape index (κ1) is 25.4. The van der Waals surface area contributed by atoms with Crippen molar-refractivity contribution in [2.75, 3.05) is 7.11 Å². The fraction of sp³-hybridized carbons (Fsp3) is 0.905. The van der Waals surface area contributed by atoms with Gasteiger partial charge in [-0.2, -0.15) is 0 Å². The molecule has 0 spiro atoms. The molecule has 1 saturated heterocycles. The van der Waals surface area contributed by atoms with Gasteiger partial charge in [-0.25, -0.2) is 0 Å². The van der Waals surface area contributed by atoms with Crippen LogP contribution in [0.25, 0.3) is 0 Å². The Balaban J connectivity index is 3.28. The van der Waals surface area contributed by atoms with E-state index in [2.05, 4.69) is 67.7 Å². The Kier molecular flexibility index (Phi) is 7.13. The minimum Gasteiger partial charge on any atom is -0.469 e. The lowest BCUT2D eigenvalue weighted by Gasteiger charge is -2.61. The summed E-state index contributed by atoms with van der Waals surface area (Å²) < 4.78 is 13.7. The van der Waals surface area contributed by atoms with Gasteiger partial charge in [-0.1, -0.05) is 54.6 Å². The average Bonchev–Trinajstić information content (AvgIpc) is 2.47. The van der Waals surface area contributed by atoms with Crippen LogP contribution in [0.1, 0.15) is 55.4 Å². The van der Waals surface area contributed by atoms with E-state index >= 15 is 0 Å². The molecule has 4 atom stereocenters. The Hall–Kier alpha value is -0.666. The number of carbonyl (C=O) groups is 2. The van der Waals surface area contributed by atoms with Gasteiger partial charge in [-0.15, -0.1) is 0 Å². The number of methoxy groups -OCH3 is 1. The number of ether oxygens (including phenoxy) is 1. The zero-order chi connectivity index (χ0) is 22.5. The van der Waals surface area contributed by atoms with Crippen LogP contribution >= 0.6 is 0 Å². The molecule has 1 aliphatic rings. The highest BCUT2D eigenvalue weighted by molar-refractivity contribution is 6.80. The van der Waals surface area contributed by atoms with Crippen LogP contribution in [0, 0.1) is 11.8 Å². The normalized spacial score (nSPS) is 23.9. The van der Waals surface area contributed by atoms with Crippen molar-refractivity contribution in [1.82, 2.24) is 4.57 Å². The number of carbonyl (C=O) groups excluding carboxylic acids is 2. The highest BCUT2D eigenvalue weighted by Gasteiger charge is 2.61. The molecule has 1 heterocycles. The van der Waals surface area contributed by atoms with Crippen molar-refractivity contribution in [3.05, 3.63) is 0 Å². The predicted octanol–water partition coefficient (Wildman–Crippen LogP) is 5.04. The molecule has 1 rings (SSSR count). The van der Waals surface area contributed by atoms with Gasteiger partial charge in [-0.3, -0.25) is 9.59 Å². The van der Waals surface area contributed by atoms with Gasteiger partial charge in [0, 0.05) is 0 Å². The second kappa shape index (κ2) is 7.87. The summed E-state index contributed by atoms with van der Waals surface area (Å²) in [6.45, 7) is 25.9. The van der Waals surface area contributed by atoms with Crippen LogP contribution in [0.15, 0.2) is 0 Å². The summed E-state index contributed by atoms with van der Waals surface area (Å²) in [5.74, 6) is -0.783. The van der Waals surface area contributed by atoms with E-state index in [-0.39, 0.29) is 45.9 Å². The van der Waals surface area contributed by atoms with Crippen LogP contribution in [-0.2, 0) is 18.8 Å². The third-order valence-corrected chi connectivity index (χ3v) is 17.5. The Morgan fingerprint density at radius 3 is 1.82 bits per heavy atom. The van der Waals surface area contributed by atoms with Crippen LogP contribution in [0.4, 0.5) is 0 Å². The van der Waals surface area contributed by atoms with Crippen LogP contribution in [0.2, 0.25) is 36.3 Å². The lowest BCUT2D eigenvalue weighted by Crippen LogP contribution is -2.77. The molecule has 7 heteroatoms. The number of hydrogen-bond donors (Lipinski definition) is 0. The number of β-lactam (4-membered cyclic amide) rings is 1. The SMILES string of the molecule is COC(=O)[C@H](C)[C@@H]1[C@@H]([C@@H](C)O[Si](C)(C)C(C)(C)C)C(=O)N1[Si](C)(C)C(C)(C)C. The van der Waals surface area contributed by atoms with Gasteiger partial charge in [0.1, 0.15) is 0 Å². The predicted molar refractivity (Wildman–Crippen MR) is 120 cm³/mol. The maximum absolute atomic E-state index is 13.4. The first-order valence-electron chi connectivity index (χ1n) is 10.4. The summed E-state index contributed by atoms with van der Waals surface area (Å²) in [6.07, 6.45) is -0.216. The van der Waals surface area contributed by atoms with Crippen LogP contribution < -0.4 is 0 Å². The van der Waals surface area contributed by atoms with Crippen molar-refractivity contribution in [3.8, 4) is 0 Å². The zero-order valence-electron chi connectivity index (χ0n) is 20.4. The molecule has 0 aliphatic carbocycles. The molecule has 5 nitrogen and oxygen atoms in total. The Morgan fingerprint density at radius 2 is 1.46 bits per heavy atom. The molecule has 0 aromatic rings. The standard InChI is InChI=1S/C21H43NO4Si2/c1-14(19(24)25-9)17-16(15(2)26-28(12,13)21(6,7)8)18(23)22(17)27(10,11)20(3,4)5/h14-17H,1-13H3/t14-,15-,16-,17-/m1/s1. The van der Waals surface area contributed by atoms with E-state index in [1.807, 2.05) is 18.4 Å². The van der Waals surface area contributed by atoms with Crippen LogP contribution in [0.5, 0.6) is 0 Å². The Labute approximate surface area is 174 Å². The lowest BCUT2D eigenvalue weighted by atomic mass is 9.79. The maximum Gasteiger partial charge on any atom is 0.310 e. The Morgan fingerprint density at radius 1 is 1.00 bits per heavy atom. The molecular weight excluding hydrogens is 386 g/mol. The second-order valence-electron chi connectivity index (χ2n) is 11.4. The van der Waals surface area contributed by atoms with Crippen molar-refractivity contribution in [1.29, 1.82) is 0 Å². The quantitative estimate of drug-likeness (QED) is 0.337. The highest BCUT2D eigenvalue weighted by Crippen LogP contribution is 2.49. The molecule has 1 fully saturated rings. The first-order chi connectivity index (χ1) is 12.3. The Bertz CT molecular complexity index is 605. The molecule has 0 saturated carbocycles. The number of esters is 1.